The maximum absolute atomic E-state index is 13.1. The van der Waals surface area contributed by atoms with Crippen LogP contribution >= 0.6 is 0 Å². The maximum Gasteiger partial charge on any atom is 0.379 e. The van der Waals surface area contributed by atoms with Gasteiger partial charge in [0.15, 0.2) is 11.5 Å². The van der Waals surface area contributed by atoms with E-state index in [0.29, 0.717) is 24.1 Å². The fourth-order valence-corrected chi connectivity index (χ4v) is 3.57. The van der Waals surface area contributed by atoms with Gasteiger partial charge in [0.05, 0.1) is 13.4 Å². The van der Waals surface area contributed by atoms with E-state index < -0.39 is 17.8 Å². The van der Waals surface area contributed by atoms with Gasteiger partial charge >= 0.3 is 5.97 Å². The van der Waals surface area contributed by atoms with Gasteiger partial charge in [-0.05, 0) is 60.0 Å². The summed E-state index contributed by atoms with van der Waals surface area (Å²) in [6.45, 7) is 0.381. The average Bonchev–Trinajstić information content (AvgIpc) is 3.50. The lowest BCUT2D eigenvalue weighted by Gasteiger charge is -2.13. The molecule has 2 amide bonds. The molecular formula is C30H26N2O6. The number of esters is 1. The third-order valence-corrected chi connectivity index (χ3v) is 5.49. The van der Waals surface area contributed by atoms with Gasteiger partial charge in [-0.15, -0.1) is 0 Å². The molecule has 8 nitrogen and oxygen atoms in total. The lowest BCUT2D eigenvalue weighted by Crippen LogP contribution is -2.35. The second kappa shape index (κ2) is 12.7. The summed E-state index contributed by atoms with van der Waals surface area (Å²) in [4.78, 5) is 38.2. The van der Waals surface area contributed by atoms with Crippen molar-refractivity contribution in [2.75, 3.05) is 13.7 Å². The van der Waals surface area contributed by atoms with Gasteiger partial charge in [0.25, 0.3) is 11.8 Å². The molecule has 0 aliphatic rings. The van der Waals surface area contributed by atoms with Gasteiger partial charge in [-0.25, -0.2) is 4.79 Å². The molecule has 0 saturated heterocycles. The molecule has 4 aromatic rings. The number of nitrogens with one attached hydrogen (secondary N) is 2. The summed E-state index contributed by atoms with van der Waals surface area (Å²) in [5, 5.41) is 5.56. The Morgan fingerprint density at radius 2 is 1.61 bits per heavy atom. The van der Waals surface area contributed by atoms with Crippen molar-refractivity contribution < 1.29 is 28.3 Å². The standard InChI is InChI=1S/C30H26N2O6/c1-36-27-20-22(14-15-25(27)38-30(35)26-13-8-18-37-26)19-24(32-28(33)23-11-6-3-7-12-23)29(34)31-17-16-21-9-4-2-5-10-21/h2-15,18-20H,16-17H2,1H3,(H,31,34)(H,32,33)/b24-19-. The molecule has 0 saturated carbocycles. The summed E-state index contributed by atoms with van der Waals surface area (Å²) in [7, 11) is 1.43. The summed E-state index contributed by atoms with van der Waals surface area (Å²) in [6.07, 6.45) is 3.53. The second-order valence-corrected chi connectivity index (χ2v) is 8.15. The third-order valence-electron chi connectivity index (χ3n) is 5.49. The minimum Gasteiger partial charge on any atom is -0.493 e. The van der Waals surface area contributed by atoms with Gasteiger partial charge in [-0.2, -0.15) is 0 Å². The van der Waals surface area contributed by atoms with Crippen molar-refractivity contribution in [2.45, 2.75) is 6.42 Å². The molecule has 0 unspecified atom stereocenters. The Bertz CT molecular complexity index is 1410. The zero-order valence-electron chi connectivity index (χ0n) is 20.7. The Morgan fingerprint density at radius 1 is 0.868 bits per heavy atom. The largest absolute Gasteiger partial charge is 0.493 e. The van der Waals surface area contributed by atoms with Crippen molar-refractivity contribution in [3.63, 3.8) is 0 Å². The van der Waals surface area contributed by atoms with Crippen LogP contribution in [0.25, 0.3) is 6.08 Å². The van der Waals surface area contributed by atoms with E-state index in [0.717, 1.165) is 5.56 Å². The molecule has 0 spiro atoms. The minimum atomic E-state index is -0.676. The van der Waals surface area contributed by atoms with Crippen molar-refractivity contribution in [1.82, 2.24) is 10.6 Å². The van der Waals surface area contributed by atoms with Crippen LogP contribution in [0.15, 0.2) is 107 Å². The van der Waals surface area contributed by atoms with Crippen LogP contribution in [0.5, 0.6) is 11.5 Å². The summed E-state index contributed by atoms with van der Waals surface area (Å²) in [5.74, 6) is -1.06. The zero-order chi connectivity index (χ0) is 26.7. The van der Waals surface area contributed by atoms with Crippen LogP contribution in [-0.4, -0.2) is 31.4 Å². The molecular weight excluding hydrogens is 484 g/mol. The van der Waals surface area contributed by atoms with Crippen molar-refractivity contribution in [3.8, 4) is 11.5 Å². The predicted molar refractivity (Wildman–Crippen MR) is 142 cm³/mol. The Kier molecular flexibility index (Phi) is 8.70. The van der Waals surface area contributed by atoms with Gasteiger partial charge < -0.3 is 24.5 Å². The second-order valence-electron chi connectivity index (χ2n) is 8.15. The fourth-order valence-electron chi connectivity index (χ4n) is 3.57. The lowest BCUT2D eigenvalue weighted by molar-refractivity contribution is -0.117. The molecule has 0 radical (unpaired) electrons. The van der Waals surface area contributed by atoms with Gasteiger partial charge in [-0.1, -0.05) is 54.6 Å². The monoisotopic (exact) mass is 510 g/mol. The summed E-state index contributed by atoms with van der Waals surface area (Å²) < 4.78 is 15.8. The molecule has 0 fully saturated rings. The number of benzene rings is 3. The highest BCUT2D eigenvalue weighted by atomic mass is 16.6. The Labute approximate surface area is 219 Å². The number of carbonyl (C=O) groups is 3. The number of hydrogen-bond acceptors (Lipinski definition) is 6. The lowest BCUT2D eigenvalue weighted by atomic mass is 10.1. The molecule has 4 rings (SSSR count). The Morgan fingerprint density at radius 3 is 2.29 bits per heavy atom. The molecule has 38 heavy (non-hydrogen) atoms. The highest BCUT2D eigenvalue weighted by Gasteiger charge is 2.17. The van der Waals surface area contributed by atoms with Crippen LogP contribution < -0.4 is 20.1 Å². The highest BCUT2D eigenvalue weighted by molar-refractivity contribution is 6.05. The predicted octanol–water partition coefficient (Wildman–Crippen LogP) is 4.64. The molecule has 8 heteroatoms. The van der Waals surface area contributed by atoms with Gasteiger partial charge in [-0.3, -0.25) is 9.59 Å². The smallest absolute Gasteiger partial charge is 0.379 e. The van der Waals surface area contributed by atoms with Crippen molar-refractivity contribution >= 4 is 23.9 Å². The number of rotatable bonds is 10. The minimum absolute atomic E-state index is 0.0501. The molecule has 0 aliphatic carbocycles. The normalized spacial score (nSPS) is 10.9. The molecule has 3 aromatic carbocycles. The fraction of sp³-hybridized carbons (Fsp3) is 0.100. The Balaban J connectivity index is 1.54. The maximum atomic E-state index is 13.1. The van der Waals surface area contributed by atoms with Crippen LogP contribution in [0.3, 0.4) is 0 Å². The van der Waals surface area contributed by atoms with Gasteiger partial charge in [0.1, 0.15) is 5.70 Å². The Hall–Kier alpha value is -5.11. The van der Waals surface area contributed by atoms with Crippen LogP contribution in [-0.2, 0) is 11.2 Å². The summed E-state index contributed by atoms with van der Waals surface area (Å²) >= 11 is 0. The van der Waals surface area contributed by atoms with Crippen LogP contribution in [0.4, 0.5) is 0 Å². The number of ether oxygens (including phenoxy) is 2. The quantitative estimate of drug-likeness (QED) is 0.183. The van der Waals surface area contributed by atoms with Gasteiger partial charge in [0, 0.05) is 12.1 Å². The van der Waals surface area contributed by atoms with E-state index in [9.17, 15) is 14.4 Å². The topological polar surface area (TPSA) is 107 Å². The van der Waals surface area contributed by atoms with Crippen LogP contribution in [0.1, 0.15) is 32.0 Å². The molecule has 2 N–H and O–H groups in total. The summed E-state index contributed by atoms with van der Waals surface area (Å²) in [5.41, 5.74) is 2.08. The molecule has 1 heterocycles. The first kappa shape index (κ1) is 26.0. The number of hydrogen-bond donors (Lipinski definition) is 2. The van der Waals surface area contributed by atoms with E-state index in [-0.39, 0.29) is 23.0 Å². The van der Waals surface area contributed by atoms with E-state index >= 15 is 0 Å². The molecule has 1 aromatic heterocycles. The molecule has 0 atom stereocenters. The number of methoxy groups -OCH3 is 1. The zero-order valence-corrected chi connectivity index (χ0v) is 20.7. The first-order valence-corrected chi connectivity index (χ1v) is 11.9. The van der Waals surface area contributed by atoms with E-state index in [1.54, 1.807) is 48.5 Å². The van der Waals surface area contributed by atoms with E-state index in [2.05, 4.69) is 10.6 Å². The van der Waals surface area contributed by atoms with Crippen LogP contribution in [0, 0.1) is 0 Å². The SMILES string of the molecule is COc1cc(/C=C(\NC(=O)c2ccccc2)C(=O)NCCc2ccccc2)ccc1OC(=O)c1ccco1. The van der Waals surface area contributed by atoms with Crippen LogP contribution in [0.2, 0.25) is 0 Å². The van der Waals surface area contributed by atoms with E-state index in [1.807, 2.05) is 30.3 Å². The van der Waals surface area contributed by atoms with E-state index in [4.69, 9.17) is 13.9 Å². The summed E-state index contributed by atoms with van der Waals surface area (Å²) in [6, 6.07) is 26.2. The number of furan rings is 1. The molecule has 192 valence electrons. The third kappa shape index (κ3) is 6.98. The average molecular weight is 511 g/mol. The number of carbonyl (C=O) groups excluding carboxylic acids is 3. The van der Waals surface area contributed by atoms with Crippen molar-refractivity contribution in [3.05, 3.63) is 125 Å². The highest BCUT2D eigenvalue weighted by Crippen LogP contribution is 2.29. The van der Waals surface area contributed by atoms with Crippen molar-refractivity contribution in [1.29, 1.82) is 0 Å². The first-order chi connectivity index (χ1) is 18.5. The van der Waals surface area contributed by atoms with Gasteiger partial charge in [0.2, 0.25) is 5.76 Å². The first-order valence-electron chi connectivity index (χ1n) is 11.9. The van der Waals surface area contributed by atoms with Crippen molar-refractivity contribution in [2.24, 2.45) is 0 Å². The number of amides is 2. The molecule has 0 aliphatic heterocycles. The molecule has 0 bridgehead atoms. The van der Waals surface area contributed by atoms with E-state index in [1.165, 1.54) is 31.6 Å².